The predicted molar refractivity (Wildman–Crippen MR) is 72.9 cm³/mol. The van der Waals surface area contributed by atoms with Gasteiger partial charge in [-0.05, 0) is 37.8 Å². The summed E-state index contributed by atoms with van der Waals surface area (Å²) in [6, 6.07) is 3.08. The van der Waals surface area contributed by atoms with Crippen LogP contribution >= 0.6 is 11.3 Å². The van der Waals surface area contributed by atoms with Crippen molar-refractivity contribution in [2.75, 3.05) is 13.2 Å². The van der Waals surface area contributed by atoms with Crippen LogP contribution < -0.4 is 5.32 Å². The molecule has 1 aromatic rings. The molecule has 18 heavy (non-hydrogen) atoms. The van der Waals surface area contributed by atoms with Crippen LogP contribution in [0.1, 0.15) is 34.6 Å². The van der Waals surface area contributed by atoms with Gasteiger partial charge in [0.1, 0.15) is 0 Å². The highest BCUT2D eigenvalue weighted by Crippen LogP contribution is 2.25. The summed E-state index contributed by atoms with van der Waals surface area (Å²) < 4.78 is 11.2. The highest BCUT2D eigenvalue weighted by atomic mass is 32.1. The van der Waals surface area contributed by atoms with Crippen molar-refractivity contribution in [3.8, 4) is 0 Å². The second-order valence-corrected chi connectivity index (χ2v) is 6.59. The third-order valence-corrected chi connectivity index (χ3v) is 4.67. The summed E-state index contributed by atoms with van der Waals surface area (Å²) in [5.41, 5.74) is 1.35. The fourth-order valence-electron chi connectivity index (χ4n) is 2.20. The molecule has 0 amide bonds. The average molecular weight is 267 g/mol. The molecule has 1 unspecified atom stereocenters. The normalized spacial score (nSPS) is 23.7. The molecule has 2 aliphatic rings. The van der Waals surface area contributed by atoms with Crippen LogP contribution in [0.3, 0.4) is 0 Å². The van der Waals surface area contributed by atoms with E-state index in [1.54, 1.807) is 0 Å². The van der Waals surface area contributed by atoms with Gasteiger partial charge in [0.05, 0.1) is 19.3 Å². The second kappa shape index (κ2) is 5.70. The van der Waals surface area contributed by atoms with Gasteiger partial charge in [0.25, 0.3) is 0 Å². The van der Waals surface area contributed by atoms with Crippen molar-refractivity contribution in [1.82, 2.24) is 5.32 Å². The molecule has 0 aromatic carbocycles. The number of nitrogens with one attached hydrogen (secondary N) is 1. The Morgan fingerprint density at radius 2 is 2.33 bits per heavy atom. The van der Waals surface area contributed by atoms with Crippen LogP contribution in [-0.2, 0) is 22.6 Å². The van der Waals surface area contributed by atoms with Crippen LogP contribution in [0.15, 0.2) is 6.07 Å². The lowest BCUT2D eigenvalue weighted by atomic mass is 10.2. The van der Waals surface area contributed by atoms with Gasteiger partial charge in [0.2, 0.25) is 0 Å². The van der Waals surface area contributed by atoms with E-state index in [1.807, 2.05) is 11.3 Å². The molecule has 1 aliphatic carbocycles. The molecule has 0 spiro atoms. The Labute approximate surface area is 112 Å². The smallest absolute Gasteiger partial charge is 0.0835 e. The van der Waals surface area contributed by atoms with Crippen LogP contribution in [0.2, 0.25) is 0 Å². The van der Waals surface area contributed by atoms with Crippen molar-refractivity contribution in [3.05, 3.63) is 21.4 Å². The van der Waals surface area contributed by atoms with E-state index in [1.165, 1.54) is 28.2 Å². The Hall–Kier alpha value is -0.420. The number of aryl methyl sites for hydroxylation is 1. The minimum Gasteiger partial charge on any atom is -0.379 e. The van der Waals surface area contributed by atoms with Gasteiger partial charge in [-0.3, -0.25) is 0 Å². The SMILES string of the molecule is Cc1sc(CNC2CC2)cc1COC1CCOC1. The van der Waals surface area contributed by atoms with Crippen molar-refractivity contribution in [3.63, 3.8) is 0 Å². The summed E-state index contributed by atoms with van der Waals surface area (Å²) >= 11 is 1.89. The first kappa shape index (κ1) is 12.6. The fourth-order valence-corrected chi connectivity index (χ4v) is 3.20. The molecule has 1 saturated heterocycles. The maximum atomic E-state index is 5.88. The van der Waals surface area contributed by atoms with Crippen molar-refractivity contribution < 1.29 is 9.47 Å². The van der Waals surface area contributed by atoms with E-state index in [4.69, 9.17) is 9.47 Å². The predicted octanol–water partition coefficient (Wildman–Crippen LogP) is 2.61. The van der Waals surface area contributed by atoms with Gasteiger partial charge in [-0.2, -0.15) is 0 Å². The zero-order valence-corrected chi connectivity index (χ0v) is 11.7. The molecule has 3 rings (SSSR count). The second-order valence-electron chi connectivity index (χ2n) is 5.25. The molecule has 4 heteroatoms. The lowest BCUT2D eigenvalue weighted by Crippen LogP contribution is -2.14. The summed E-state index contributed by atoms with van der Waals surface area (Å²) in [6.45, 7) is 5.56. The molecular weight excluding hydrogens is 246 g/mol. The maximum Gasteiger partial charge on any atom is 0.0835 e. The van der Waals surface area contributed by atoms with Crippen molar-refractivity contribution >= 4 is 11.3 Å². The van der Waals surface area contributed by atoms with Crippen molar-refractivity contribution in [1.29, 1.82) is 0 Å². The van der Waals surface area contributed by atoms with E-state index in [0.29, 0.717) is 6.10 Å². The van der Waals surface area contributed by atoms with Gasteiger partial charge >= 0.3 is 0 Å². The largest absolute Gasteiger partial charge is 0.379 e. The summed E-state index contributed by atoms with van der Waals surface area (Å²) in [6.07, 6.45) is 4.04. The van der Waals surface area contributed by atoms with Crippen molar-refractivity contribution in [2.24, 2.45) is 0 Å². The molecule has 100 valence electrons. The molecule has 1 aliphatic heterocycles. The minimum atomic E-state index is 0.303. The Morgan fingerprint density at radius 3 is 3.06 bits per heavy atom. The lowest BCUT2D eigenvalue weighted by Gasteiger charge is -2.08. The zero-order valence-electron chi connectivity index (χ0n) is 10.9. The van der Waals surface area contributed by atoms with E-state index in [-0.39, 0.29) is 0 Å². The topological polar surface area (TPSA) is 30.5 Å². The Bertz CT molecular complexity index is 394. The minimum absolute atomic E-state index is 0.303. The molecule has 3 nitrogen and oxygen atoms in total. The number of rotatable bonds is 6. The van der Waals surface area contributed by atoms with Crippen LogP contribution in [0, 0.1) is 6.92 Å². The molecule has 1 aromatic heterocycles. The molecule has 2 heterocycles. The third-order valence-electron chi connectivity index (χ3n) is 3.58. The summed E-state index contributed by atoms with van der Waals surface area (Å²) in [7, 11) is 0. The first-order chi connectivity index (χ1) is 8.81. The third kappa shape index (κ3) is 3.32. The van der Waals surface area contributed by atoms with Gasteiger partial charge in [-0.25, -0.2) is 0 Å². The average Bonchev–Trinajstić information content (AvgIpc) is 2.91. The Morgan fingerprint density at radius 1 is 1.44 bits per heavy atom. The number of ether oxygens (including phenoxy) is 2. The highest BCUT2D eigenvalue weighted by Gasteiger charge is 2.21. The van der Waals surface area contributed by atoms with E-state index in [9.17, 15) is 0 Å². The first-order valence-electron chi connectivity index (χ1n) is 6.82. The van der Waals surface area contributed by atoms with Crippen LogP contribution in [0.5, 0.6) is 0 Å². The van der Waals surface area contributed by atoms with Crippen LogP contribution in [0.25, 0.3) is 0 Å². The zero-order chi connectivity index (χ0) is 12.4. The summed E-state index contributed by atoms with van der Waals surface area (Å²) in [5, 5.41) is 3.56. The molecule has 1 N–H and O–H groups in total. The monoisotopic (exact) mass is 267 g/mol. The standard InChI is InChI=1S/C14H21NO2S/c1-10-11(8-17-13-4-5-16-9-13)6-14(18-10)7-15-12-2-3-12/h6,12-13,15H,2-5,7-9H2,1H3. The molecule has 1 saturated carbocycles. The van der Waals surface area contributed by atoms with Gasteiger partial charge in [0.15, 0.2) is 0 Å². The van der Waals surface area contributed by atoms with E-state index in [2.05, 4.69) is 18.3 Å². The quantitative estimate of drug-likeness (QED) is 0.859. The molecule has 2 fully saturated rings. The van der Waals surface area contributed by atoms with Crippen LogP contribution in [0.4, 0.5) is 0 Å². The Balaban J connectivity index is 1.50. The first-order valence-corrected chi connectivity index (χ1v) is 7.64. The highest BCUT2D eigenvalue weighted by molar-refractivity contribution is 7.12. The van der Waals surface area contributed by atoms with E-state index < -0.39 is 0 Å². The molecule has 1 atom stereocenters. The number of hydrogen-bond donors (Lipinski definition) is 1. The van der Waals surface area contributed by atoms with Crippen LogP contribution in [-0.4, -0.2) is 25.4 Å². The van der Waals surface area contributed by atoms with Gasteiger partial charge in [-0.1, -0.05) is 0 Å². The maximum absolute atomic E-state index is 5.88. The number of hydrogen-bond acceptors (Lipinski definition) is 4. The van der Waals surface area contributed by atoms with Gasteiger partial charge in [-0.15, -0.1) is 11.3 Å². The molecular formula is C14H21NO2S. The van der Waals surface area contributed by atoms with Gasteiger partial charge in [0, 0.05) is 28.9 Å². The summed E-state index contributed by atoms with van der Waals surface area (Å²) in [5.74, 6) is 0. The molecule has 0 bridgehead atoms. The summed E-state index contributed by atoms with van der Waals surface area (Å²) in [4.78, 5) is 2.82. The lowest BCUT2D eigenvalue weighted by molar-refractivity contribution is 0.0317. The molecule has 0 radical (unpaired) electrons. The van der Waals surface area contributed by atoms with E-state index in [0.717, 1.165) is 38.8 Å². The number of thiophene rings is 1. The van der Waals surface area contributed by atoms with E-state index >= 15 is 0 Å². The van der Waals surface area contributed by atoms with Crippen molar-refractivity contribution in [2.45, 2.75) is 51.5 Å². The fraction of sp³-hybridized carbons (Fsp3) is 0.714. The van der Waals surface area contributed by atoms with Gasteiger partial charge < -0.3 is 14.8 Å². The Kier molecular flexibility index (Phi) is 3.99.